The molecule has 3 unspecified atom stereocenters. The molecule has 0 aliphatic carbocycles. The molecule has 0 aromatic rings. The van der Waals surface area contributed by atoms with E-state index in [1.54, 1.807) is 23.5 Å². The van der Waals surface area contributed by atoms with Crippen molar-refractivity contribution in [1.82, 2.24) is 0 Å². The fourth-order valence-corrected chi connectivity index (χ4v) is 4.07. The summed E-state index contributed by atoms with van der Waals surface area (Å²) in [6.45, 7) is 19.4. The van der Waals surface area contributed by atoms with E-state index >= 15 is 0 Å². The highest BCUT2D eigenvalue weighted by molar-refractivity contribution is 8.01. The molecule has 0 aromatic carbocycles. The van der Waals surface area contributed by atoms with Crippen LogP contribution in [0.2, 0.25) is 0 Å². The molecule has 24 heavy (non-hydrogen) atoms. The summed E-state index contributed by atoms with van der Waals surface area (Å²) in [6, 6.07) is 0. The highest BCUT2D eigenvalue weighted by Gasteiger charge is 2.33. The zero-order valence-corrected chi connectivity index (χ0v) is 19.4. The molecule has 0 radical (unpaired) electrons. The summed E-state index contributed by atoms with van der Waals surface area (Å²) in [5.41, 5.74) is -0.127. The van der Waals surface area contributed by atoms with E-state index in [2.05, 4.69) is 68.0 Å². The lowest BCUT2D eigenvalue weighted by molar-refractivity contribution is 0.0665. The molecular weight excluding hydrogens is 359 g/mol. The summed E-state index contributed by atoms with van der Waals surface area (Å²) in [5, 5.41) is 0. The summed E-state index contributed by atoms with van der Waals surface area (Å²) in [5.74, 6) is 0. The number of thioether (sulfide) groups is 2. The topological polar surface area (TPSA) is 27.7 Å². The third-order valence-electron chi connectivity index (χ3n) is 2.78. The van der Waals surface area contributed by atoms with Crippen molar-refractivity contribution < 1.29 is 14.0 Å². The molecule has 0 bridgehead atoms. The molecule has 144 valence electrons. The second kappa shape index (κ2) is 11.7. The molecule has 3 nitrogen and oxygen atoms in total. The van der Waals surface area contributed by atoms with Crippen molar-refractivity contribution in [2.24, 2.45) is 0 Å². The first-order chi connectivity index (χ1) is 10.9. The molecule has 0 aliphatic heterocycles. The molecule has 0 saturated carbocycles. The second-order valence-electron chi connectivity index (χ2n) is 7.70. The first-order valence-corrected chi connectivity index (χ1v) is 11.2. The van der Waals surface area contributed by atoms with Crippen molar-refractivity contribution in [3.8, 4) is 0 Å². The van der Waals surface area contributed by atoms with E-state index in [4.69, 9.17) is 14.0 Å². The first kappa shape index (κ1) is 25.0. The maximum absolute atomic E-state index is 6.15. The predicted molar refractivity (Wildman–Crippen MR) is 115 cm³/mol. The Morgan fingerprint density at radius 1 is 0.750 bits per heavy atom. The van der Waals surface area contributed by atoms with E-state index in [0.717, 1.165) is 19.3 Å². The van der Waals surface area contributed by atoms with Gasteiger partial charge in [0.1, 0.15) is 0 Å². The molecule has 0 rings (SSSR count). The van der Waals surface area contributed by atoms with Crippen molar-refractivity contribution in [2.75, 3.05) is 0 Å². The van der Waals surface area contributed by atoms with E-state index in [0.29, 0.717) is 0 Å². The molecule has 0 aromatic heterocycles. The fraction of sp³-hybridized carbons (Fsp3) is 1.00. The summed E-state index contributed by atoms with van der Waals surface area (Å²) in [6.07, 6.45) is 2.61. The normalized spacial score (nSPS) is 16.8. The maximum Gasteiger partial charge on any atom is 0.641 e. The average Bonchev–Trinajstić information content (AvgIpc) is 2.42. The number of thiol groups is 1. The summed E-state index contributed by atoms with van der Waals surface area (Å²) < 4.78 is 18.4. The molecule has 0 heterocycles. The molecule has 0 fully saturated rings. The van der Waals surface area contributed by atoms with Gasteiger partial charge in [-0.2, -0.15) is 0 Å². The fourth-order valence-electron chi connectivity index (χ4n) is 1.77. The third-order valence-corrected chi connectivity index (χ3v) is 6.10. The smallest absolute Gasteiger partial charge is 0.374 e. The van der Waals surface area contributed by atoms with Crippen LogP contribution < -0.4 is 0 Å². The van der Waals surface area contributed by atoms with Crippen LogP contribution >= 0.6 is 36.2 Å². The summed E-state index contributed by atoms with van der Waals surface area (Å²) >= 11 is 8.05. The number of rotatable bonds is 11. The molecule has 0 aliphatic rings. The minimum Gasteiger partial charge on any atom is -0.374 e. The first-order valence-electron chi connectivity index (χ1n) is 8.90. The Morgan fingerprint density at radius 3 is 1.38 bits per heavy atom. The highest BCUT2D eigenvalue weighted by Crippen LogP contribution is 2.34. The van der Waals surface area contributed by atoms with Gasteiger partial charge in [-0.3, -0.25) is 0 Å². The zero-order chi connectivity index (χ0) is 19.0. The van der Waals surface area contributed by atoms with Crippen LogP contribution in [0.25, 0.3) is 0 Å². The van der Waals surface area contributed by atoms with Crippen molar-refractivity contribution in [1.29, 1.82) is 0 Å². The van der Waals surface area contributed by atoms with Crippen LogP contribution in [0.1, 0.15) is 81.6 Å². The monoisotopic (exact) mass is 396 g/mol. The van der Waals surface area contributed by atoms with E-state index in [9.17, 15) is 0 Å². The standard InChI is InChI=1S/C17H37BO3S3/c1-10-13(22)19-18(20-14(11-2)23-16(4,5)6)21-15(12-3)24-17(7,8)9/h13-15,22H,10-12H2,1-9H3. The lowest BCUT2D eigenvalue weighted by Gasteiger charge is -2.31. The van der Waals surface area contributed by atoms with E-state index in [1.807, 2.05) is 6.92 Å². The quantitative estimate of drug-likeness (QED) is 0.254. The lowest BCUT2D eigenvalue weighted by Crippen LogP contribution is -2.37. The van der Waals surface area contributed by atoms with E-state index < -0.39 is 7.32 Å². The van der Waals surface area contributed by atoms with Crippen molar-refractivity contribution in [2.45, 2.75) is 107 Å². The SMILES string of the molecule is CCC(S)OB(OC(CC)SC(C)(C)C)OC(CC)SC(C)(C)C. The Bertz CT molecular complexity index is 306. The molecule has 7 heteroatoms. The molecule has 3 atom stereocenters. The Kier molecular flexibility index (Phi) is 12.1. The van der Waals surface area contributed by atoms with Crippen LogP contribution in [-0.2, 0) is 14.0 Å². The van der Waals surface area contributed by atoms with Crippen molar-refractivity contribution in [3.05, 3.63) is 0 Å². The lowest BCUT2D eigenvalue weighted by atomic mass is 10.2. The van der Waals surface area contributed by atoms with Gasteiger partial charge in [0.15, 0.2) is 0 Å². The van der Waals surface area contributed by atoms with Crippen LogP contribution in [0.5, 0.6) is 0 Å². The van der Waals surface area contributed by atoms with Gasteiger partial charge in [0.2, 0.25) is 0 Å². The zero-order valence-electron chi connectivity index (χ0n) is 16.9. The van der Waals surface area contributed by atoms with Gasteiger partial charge in [-0.15, -0.1) is 36.2 Å². The Labute approximate surface area is 164 Å². The summed E-state index contributed by atoms with van der Waals surface area (Å²) in [4.78, 5) is 0. The Hall–Kier alpha value is 0.995. The van der Waals surface area contributed by atoms with Crippen LogP contribution in [0, 0.1) is 0 Å². The van der Waals surface area contributed by atoms with Gasteiger partial charge in [-0.25, -0.2) is 0 Å². The average molecular weight is 396 g/mol. The van der Waals surface area contributed by atoms with Crippen LogP contribution in [0.15, 0.2) is 0 Å². The van der Waals surface area contributed by atoms with Gasteiger partial charge in [0, 0.05) is 9.49 Å². The van der Waals surface area contributed by atoms with Gasteiger partial charge in [-0.1, -0.05) is 62.3 Å². The van der Waals surface area contributed by atoms with Gasteiger partial charge in [0.05, 0.1) is 16.3 Å². The highest BCUT2D eigenvalue weighted by atomic mass is 32.2. The van der Waals surface area contributed by atoms with Crippen molar-refractivity contribution >= 4 is 43.5 Å². The molecule has 0 saturated heterocycles. The number of hydrogen-bond acceptors (Lipinski definition) is 6. The van der Waals surface area contributed by atoms with Crippen molar-refractivity contribution in [3.63, 3.8) is 0 Å². The molecule has 0 N–H and O–H groups in total. The predicted octanol–water partition coefficient (Wildman–Crippen LogP) is 6.22. The minimum atomic E-state index is -0.688. The molecule has 0 spiro atoms. The van der Waals surface area contributed by atoms with Gasteiger partial charge >= 0.3 is 7.32 Å². The largest absolute Gasteiger partial charge is 0.641 e. The van der Waals surface area contributed by atoms with Crippen LogP contribution in [0.4, 0.5) is 0 Å². The Balaban J connectivity index is 4.94. The van der Waals surface area contributed by atoms with Gasteiger partial charge < -0.3 is 14.0 Å². The second-order valence-corrected chi connectivity index (χ2v) is 12.2. The maximum atomic E-state index is 6.15. The third kappa shape index (κ3) is 13.2. The minimum absolute atomic E-state index is 0.0320. The van der Waals surface area contributed by atoms with Crippen LogP contribution in [-0.4, -0.2) is 33.1 Å². The molecular formula is C17H37BO3S3. The van der Waals surface area contributed by atoms with E-state index in [1.165, 1.54) is 0 Å². The number of hydrogen-bond donors (Lipinski definition) is 1. The Morgan fingerprint density at radius 2 is 1.12 bits per heavy atom. The molecule has 0 amide bonds. The van der Waals surface area contributed by atoms with Gasteiger partial charge in [-0.05, 0) is 19.3 Å². The van der Waals surface area contributed by atoms with E-state index in [-0.39, 0.29) is 25.8 Å². The van der Waals surface area contributed by atoms with Gasteiger partial charge in [0.25, 0.3) is 0 Å². The summed E-state index contributed by atoms with van der Waals surface area (Å²) in [7, 11) is -0.688. The van der Waals surface area contributed by atoms with Crippen LogP contribution in [0.3, 0.4) is 0 Å².